The first kappa shape index (κ1) is 21.4. The smallest absolute Gasteiger partial charge is 0.193 e. The molecule has 3 rings (SSSR count). The van der Waals surface area contributed by atoms with Crippen molar-refractivity contribution >= 4 is 22.4 Å². The quantitative estimate of drug-likeness (QED) is 0.499. The van der Waals surface area contributed by atoms with Crippen molar-refractivity contribution in [1.82, 2.24) is 15.2 Å². The number of aliphatic imine (C=N–C) groups is 1. The maximum absolute atomic E-state index is 13.6. The largest absolute Gasteiger partial charge is 0.489 e. The summed E-state index contributed by atoms with van der Waals surface area (Å²) in [6.07, 6.45) is 3.34. The topological polar surface area (TPSA) is 53.0 Å². The van der Waals surface area contributed by atoms with Gasteiger partial charge >= 0.3 is 0 Å². The number of hydrogen-bond acceptors (Lipinski definition) is 5. The molecule has 1 aliphatic heterocycles. The Kier molecular flexibility index (Phi) is 8.10. The lowest BCUT2D eigenvalue weighted by atomic mass is 10.3. The van der Waals surface area contributed by atoms with Crippen molar-refractivity contribution in [3.8, 4) is 5.75 Å². The number of halogens is 1. The van der Waals surface area contributed by atoms with Gasteiger partial charge < -0.3 is 19.9 Å². The minimum absolute atomic E-state index is 0.278. The van der Waals surface area contributed by atoms with Crippen LogP contribution in [0.3, 0.4) is 0 Å². The van der Waals surface area contributed by atoms with Crippen molar-refractivity contribution in [1.29, 1.82) is 0 Å². The summed E-state index contributed by atoms with van der Waals surface area (Å²) >= 11 is 1.73. The Morgan fingerprint density at radius 2 is 2.14 bits per heavy atom. The third kappa shape index (κ3) is 6.32. The molecule has 0 aliphatic carbocycles. The number of benzene rings is 1. The van der Waals surface area contributed by atoms with Crippen LogP contribution in [0.15, 0.2) is 34.6 Å². The average molecular weight is 420 g/mol. The van der Waals surface area contributed by atoms with Gasteiger partial charge in [-0.05, 0) is 31.9 Å². The van der Waals surface area contributed by atoms with Crippen molar-refractivity contribution < 1.29 is 9.13 Å². The summed E-state index contributed by atoms with van der Waals surface area (Å²) < 4.78 is 19.2. The lowest BCUT2D eigenvalue weighted by molar-refractivity contribution is 0.270. The fourth-order valence-corrected chi connectivity index (χ4v) is 4.08. The zero-order valence-corrected chi connectivity index (χ0v) is 18.1. The SMILES string of the molecule is CCNC(=NCCc1csc(N2CCCC2)n1)N(C)CCOc1ccccc1F. The lowest BCUT2D eigenvalue weighted by Gasteiger charge is -2.22. The summed E-state index contributed by atoms with van der Waals surface area (Å²) in [4.78, 5) is 13.8. The highest BCUT2D eigenvalue weighted by Crippen LogP contribution is 2.24. The number of hydrogen-bond donors (Lipinski definition) is 1. The molecule has 0 bridgehead atoms. The van der Waals surface area contributed by atoms with Gasteiger partial charge in [-0.2, -0.15) is 0 Å². The Labute approximate surface area is 176 Å². The van der Waals surface area contributed by atoms with Gasteiger partial charge in [0.15, 0.2) is 22.7 Å². The van der Waals surface area contributed by atoms with E-state index in [-0.39, 0.29) is 11.6 Å². The Balaban J connectivity index is 1.47. The Bertz CT molecular complexity index is 791. The van der Waals surface area contributed by atoms with Gasteiger partial charge in [-0.25, -0.2) is 9.37 Å². The summed E-state index contributed by atoms with van der Waals surface area (Å²) in [5, 5.41) is 6.57. The van der Waals surface area contributed by atoms with E-state index >= 15 is 0 Å². The number of guanidine groups is 1. The van der Waals surface area contributed by atoms with Crippen LogP contribution in [-0.4, -0.2) is 62.2 Å². The number of likely N-dealkylation sites (N-methyl/N-ethyl adjacent to an activating group) is 1. The molecule has 2 aromatic rings. The lowest BCUT2D eigenvalue weighted by Crippen LogP contribution is -2.41. The van der Waals surface area contributed by atoms with Gasteiger partial charge in [-0.15, -0.1) is 11.3 Å². The summed E-state index contributed by atoms with van der Waals surface area (Å²) in [7, 11) is 1.96. The molecular weight excluding hydrogens is 389 g/mol. The molecular formula is C21H30FN5OS. The van der Waals surface area contributed by atoms with Gasteiger partial charge in [0, 0.05) is 45.0 Å². The van der Waals surface area contributed by atoms with Gasteiger partial charge in [0.1, 0.15) is 6.61 Å². The van der Waals surface area contributed by atoms with Gasteiger partial charge in [-0.1, -0.05) is 12.1 Å². The van der Waals surface area contributed by atoms with Gasteiger partial charge in [-0.3, -0.25) is 4.99 Å². The van der Waals surface area contributed by atoms with Crippen molar-refractivity contribution in [2.75, 3.05) is 51.3 Å². The molecule has 0 atom stereocenters. The average Bonchev–Trinajstić information content (AvgIpc) is 3.40. The number of rotatable bonds is 9. The van der Waals surface area contributed by atoms with Gasteiger partial charge in [0.25, 0.3) is 0 Å². The highest BCUT2D eigenvalue weighted by Gasteiger charge is 2.15. The van der Waals surface area contributed by atoms with Crippen LogP contribution in [0, 0.1) is 5.82 Å². The fraction of sp³-hybridized carbons (Fsp3) is 0.524. The predicted octanol–water partition coefficient (Wildman–Crippen LogP) is 3.40. The number of para-hydroxylation sites is 1. The van der Waals surface area contributed by atoms with E-state index in [1.165, 1.54) is 18.9 Å². The van der Waals surface area contributed by atoms with Crippen LogP contribution in [0.1, 0.15) is 25.5 Å². The molecule has 1 N–H and O–H groups in total. The maximum Gasteiger partial charge on any atom is 0.193 e. The van der Waals surface area contributed by atoms with E-state index in [9.17, 15) is 4.39 Å². The van der Waals surface area contributed by atoms with Crippen LogP contribution in [-0.2, 0) is 6.42 Å². The zero-order valence-electron chi connectivity index (χ0n) is 17.2. The molecule has 0 saturated carbocycles. The highest BCUT2D eigenvalue weighted by atomic mass is 32.1. The first-order valence-electron chi connectivity index (χ1n) is 10.2. The number of nitrogens with zero attached hydrogens (tertiary/aromatic N) is 4. The van der Waals surface area contributed by atoms with E-state index in [0.29, 0.717) is 19.7 Å². The van der Waals surface area contributed by atoms with Gasteiger partial charge in [0.2, 0.25) is 0 Å². The predicted molar refractivity (Wildman–Crippen MR) is 118 cm³/mol. The van der Waals surface area contributed by atoms with Crippen LogP contribution in [0.4, 0.5) is 9.52 Å². The van der Waals surface area contributed by atoms with E-state index in [1.807, 2.05) is 18.9 Å². The molecule has 1 saturated heterocycles. The number of anilines is 1. The standard InChI is InChI=1S/C21H30FN5OS/c1-3-23-20(26(2)14-15-28-19-9-5-4-8-18(19)22)24-11-10-17-16-29-21(25-17)27-12-6-7-13-27/h4-5,8-9,16H,3,6-7,10-15H2,1-2H3,(H,23,24). The van der Waals surface area contributed by atoms with Crippen molar-refractivity contribution in [3.05, 3.63) is 41.2 Å². The second-order valence-corrected chi connectivity index (χ2v) is 7.84. The van der Waals surface area contributed by atoms with Crippen molar-refractivity contribution in [2.45, 2.75) is 26.2 Å². The second kappa shape index (κ2) is 11.0. The van der Waals surface area contributed by atoms with Crippen LogP contribution in [0.25, 0.3) is 0 Å². The summed E-state index contributed by atoms with van der Waals surface area (Å²) in [6.45, 7) is 6.73. The van der Waals surface area contributed by atoms with Crippen molar-refractivity contribution in [2.24, 2.45) is 4.99 Å². The summed E-state index contributed by atoms with van der Waals surface area (Å²) in [6, 6.07) is 6.46. The van der Waals surface area contributed by atoms with Crippen LogP contribution in [0.5, 0.6) is 5.75 Å². The first-order chi connectivity index (χ1) is 14.2. The molecule has 1 aromatic carbocycles. The number of thiazole rings is 1. The van der Waals surface area contributed by atoms with E-state index in [2.05, 4.69) is 15.6 Å². The van der Waals surface area contributed by atoms with Crippen LogP contribution < -0.4 is 15.0 Å². The molecule has 0 unspecified atom stereocenters. The second-order valence-electron chi connectivity index (χ2n) is 7.00. The van der Waals surface area contributed by atoms with Crippen LogP contribution in [0.2, 0.25) is 0 Å². The third-order valence-electron chi connectivity index (χ3n) is 4.76. The Hall–Kier alpha value is -2.35. The maximum atomic E-state index is 13.6. The Morgan fingerprint density at radius 1 is 1.34 bits per heavy atom. The van der Waals surface area contributed by atoms with Crippen molar-refractivity contribution in [3.63, 3.8) is 0 Å². The number of nitrogens with one attached hydrogen (secondary N) is 1. The molecule has 2 heterocycles. The molecule has 1 fully saturated rings. The fourth-order valence-electron chi connectivity index (χ4n) is 3.17. The third-order valence-corrected chi connectivity index (χ3v) is 5.71. The number of aromatic nitrogens is 1. The summed E-state index contributed by atoms with van der Waals surface area (Å²) in [5.74, 6) is 0.757. The van der Waals surface area contributed by atoms with E-state index in [4.69, 9.17) is 14.7 Å². The normalized spacial score (nSPS) is 14.3. The van der Waals surface area contributed by atoms with Gasteiger partial charge in [0.05, 0.1) is 12.2 Å². The molecule has 0 amide bonds. The van der Waals surface area contributed by atoms with E-state index in [1.54, 1.807) is 29.5 Å². The molecule has 29 heavy (non-hydrogen) atoms. The molecule has 1 aromatic heterocycles. The van der Waals surface area contributed by atoms with E-state index < -0.39 is 0 Å². The van der Waals surface area contributed by atoms with E-state index in [0.717, 1.165) is 42.8 Å². The molecule has 0 radical (unpaired) electrons. The molecule has 6 nitrogen and oxygen atoms in total. The number of ether oxygens (including phenoxy) is 1. The molecule has 1 aliphatic rings. The molecule has 8 heteroatoms. The minimum atomic E-state index is -0.340. The zero-order chi connectivity index (χ0) is 20.5. The molecule has 158 valence electrons. The van der Waals surface area contributed by atoms with Crippen LogP contribution >= 0.6 is 11.3 Å². The molecule has 0 spiro atoms. The Morgan fingerprint density at radius 3 is 2.90 bits per heavy atom. The summed E-state index contributed by atoms with van der Waals surface area (Å²) in [5.41, 5.74) is 1.10. The highest BCUT2D eigenvalue weighted by molar-refractivity contribution is 7.13. The minimum Gasteiger partial charge on any atom is -0.489 e. The first-order valence-corrected chi connectivity index (χ1v) is 11.1. The monoisotopic (exact) mass is 419 g/mol.